The van der Waals surface area contributed by atoms with Gasteiger partial charge in [-0.2, -0.15) is 0 Å². The van der Waals surface area contributed by atoms with Crippen molar-refractivity contribution in [2.24, 2.45) is 0 Å². The number of carbonyl (C=O) groups excluding carboxylic acids is 2. The minimum Gasteiger partial charge on any atom is -0.481 e. The quantitative estimate of drug-likeness (QED) is 0.442. The summed E-state index contributed by atoms with van der Waals surface area (Å²) in [7, 11) is 0. The Kier molecular flexibility index (Phi) is 7.72. The zero-order valence-electron chi connectivity index (χ0n) is 19.3. The second-order valence-corrected chi connectivity index (χ2v) is 8.49. The fraction of sp³-hybridized carbons (Fsp3) is 0.259. The highest BCUT2D eigenvalue weighted by Crippen LogP contribution is 2.26. The molecule has 0 aliphatic carbocycles. The molecule has 180 valence electrons. The minimum atomic E-state index is -1.06. The molecule has 1 unspecified atom stereocenters. The highest BCUT2D eigenvalue weighted by molar-refractivity contribution is 5.96. The van der Waals surface area contributed by atoms with Crippen molar-refractivity contribution in [2.45, 2.75) is 31.8 Å². The summed E-state index contributed by atoms with van der Waals surface area (Å²) in [4.78, 5) is 43.3. The second-order valence-electron chi connectivity index (χ2n) is 8.49. The van der Waals surface area contributed by atoms with E-state index < -0.39 is 12.0 Å². The van der Waals surface area contributed by atoms with E-state index >= 15 is 0 Å². The summed E-state index contributed by atoms with van der Waals surface area (Å²) < 4.78 is 0. The molecule has 8 nitrogen and oxygen atoms in total. The first kappa shape index (κ1) is 23.9. The van der Waals surface area contributed by atoms with Crippen LogP contribution in [0.2, 0.25) is 0 Å². The highest BCUT2D eigenvalue weighted by Gasteiger charge is 2.31. The minimum absolute atomic E-state index is 0.239. The van der Waals surface area contributed by atoms with Gasteiger partial charge in [-0.1, -0.05) is 42.5 Å². The van der Waals surface area contributed by atoms with Crippen LogP contribution in [0, 0.1) is 0 Å². The van der Waals surface area contributed by atoms with Crippen LogP contribution >= 0.6 is 0 Å². The fourth-order valence-corrected chi connectivity index (χ4v) is 4.11. The second kappa shape index (κ2) is 11.3. The number of pyridine rings is 1. The topological polar surface area (TPSA) is 112 Å². The number of nitrogens with zero attached hydrogens (tertiary/aromatic N) is 2. The number of hydrogen-bond acceptors (Lipinski definition) is 5. The van der Waals surface area contributed by atoms with Crippen molar-refractivity contribution in [3.63, 3.8) is 0 Å². The van der Waals surface area contributed by atoms with E-state index in [1.54, 1.807) is 23.2 Å². The molecule has 0 fully saturated rings. The molecule has 3 aromatic rings. The van der Waals surface area contributed by atoms with Crippen molar-refractivity contribution in [1.29, 1.82) is 0 Å². The first-order valence-electron chi connectivity index (χ1n) is 11.6. The molecule has 35 heavy (non-hydrogen) atoms. The molecule has 0 bridgehead atoms. The van der Waals surface area contributed by atoms with Gasteiger partial charge in [-0.05, 0) is 41.8 Å². The van der Waals surface area contributed by atoms with Gasteiger partial charge < -0.3 is 20.6 Å². The summed E-state index contributed by atoms with van der Waals surface area (Å²) in [6.07, 6.45) is 2.65. The van der Waals surface area contributed by atoms with Gasteiger partial charge in [0.15, 0.2) is 0 Å². The van der Waals surface area contributed by atoms with Gasteiger partial charge >= 0.3 is 5.97 Å². The van der Waals surface area contributed by atoms with Crippen LogP contribution in [0.3, 0.4) is 0 Å². The average Bonchev–Trinajstić information content (AvgIpc) is 2.99. The Balaban J connectivity index is 1.47. The van der Waals surface area contributed by atoms with Crippen LogP contribution in [0.1, 0.15) is 33.6 Å². The fourth-order valence-electron chi connectivity index (χ4n) is 4.11. The van der Waals surface area contributed by atoms with Gasteiger partial charge in [-0.3, -0.25) is 19.4 Å². The van der Waals surface area contributed by atoms with Gasteiger partial charge in [-0.25, -0.2) is 0 Å². The summed E-state index contributed by atoms with van der Waals surface area (Å²) in [5, 5.41) is 15.3. The smallest absolute Gasteiger partial charge is 0.305 e. The molecule has 1 atom stereocenters. The summed E-state index contributed by atoms with van der Waals surface area (Å²) in [5.41, 5.74) is 3.87. The number of amides is 2. The SMILES string of the molecule is O=C(O)CC1Nc2cc(C(=O)NCCc3ccccn3)ccc2CN(CCc2ccccc2)C1=O. The number of benzene rings is 2. The van der Waals surface area contributed by atoms with Gasteiger partial charge in [0.2, 0.25) is 5.91 Å². The molecule has 1 aliphatic rings. The van der Waals surface area contributed by atoms with Crippen LogP contribution in [0.4, 0.5) is 5.69 Å². The van der Waals surface area contributed by atoms with Crippen molar-refractivity contribution >= 4 is 23.5 Å². The van der Waals surface area contributed by atoms with Crippen molar-refractivity contribution in [2.75, 3.05) is 18.4 Å². The van der Waals surface area contributed by atoms with E-state index in [4.69, 9.17) is 0 Å². The maximum Gasteiger partial charge on any atom is 0.305 e. The van der Waals surface area contributed by atoms with Gasteiger partial charge in [0.1, 0.15) is 6.04 Å². The van der Waals surface area contributed by atoms with Crippen LogP contribution in [-0.2, 0) is 29.0 Å². The molecule has 2 aromatic carbocycles. The van der Waals surface area contributed by atoms with E-state index in [9.17, 15) is 19.5 Å². The Morgan fingerprint density at radius 3 is 2.60 bits per heavy atom. The van der Waals surface area contributed by atoms with Gasteiger partial charge in [0.05, 0.1) is 6.42 Å². The van der Waals surface area contributed by atoms with Crippen molar-refractivity contribution in [1.82, 2.24) is 15.2 Å². The van der Waals surface area contributed by atoms with Crippen LogP contribution in [0.5, 0.6) is 0 Å². The number of fused-ring (bicyclic) bond motifs is 1. The maximum absolute atomic E-state index is 13.2. The van der Waals surface area contributed by atoms with Crippen LogP contribution in [0.15, 0.2) is 72.9 Å². The third-order valence-corrected chi connectivity index (χ3v) is 5.96. The Labute approximate surface area is 204 Å². The molecule has 0 spiro atoms. The van der Waals surface area contributed by atoms with E-state index in [0.29, 0.717) is 43.7 Å². The van der Waals surface area contributed by atoms with E-state index in [2.05, 4.69) is 15.6 Å². The number of aromatic nitrogens is 1. The van der Waals surface area contributed by atoms with Crippen LogP contribution in [0.25, 0.3) is 0 Å². The Morgan fingerprint density at radius 1 is 1.06 bits per heavy atom. The van der Waals surface area contributed by atoms with E-state index in [0.717, 1.165) is 16.8 Å². The molecule has 0 radical (unpaired) electrons. The molecule has 2 amide bonds. The summed E-state index contributed by atoms with van der Waals surface area (Å²) in [6.45, 7) is 1.25. The lowest BCUT2D eigenvalue weighted by Gasteiger charge is -2.24. The lowest BCUT2D eigenvalue weighted by Crippen LogP contribution is -2.42. The number of carbonyl (C=O) groups is 3. The third kappa shape index (κ3) is 6.44. The van der Waals surface area contributed by atoms with E-state index in [1.165, 1.54) is 0 Å². The number of carboxylic acid groups (broad SMARTS) is 1. The Morgan fingerprint density at radius 2 is 1.86 bits per heavy atom. The first-order chi connectivity index (χ1) is 17.0. The van der Waals surface area contributed by atoms with Gasteiger partial charge in [0.25, 0.3) is 5.91 Å². The lowest BCUT2D eigenvalue weighted by molar-refractivity contribution is -0.141. The monoisotopic (exact) mass is 472 g/mol. The van der Waals surface area contributed by atoms with Crippen LogP contribution in [-0.4, -0.2) is 51.9 Å². The zero-order chi connectivity index (χ0) is 24.6. The van der Waals surface area contributed by atoms with E-state index in [-0.39, 0.29) is 18.2 Å². The van der Waals surface area contributed by atoms with Crippen molar-refractivity contribution < 1.29 is 19.5 Å². The number of hydrogen-bond donors (Lipinski definition) is 3. The number of rotatable bonds is 9. The number of nitrogens with one attached hydrogen (secondary N) is 2. The lowest BCUT2D eigenvalue weighted by atomic mass is 10.1. The first-order valence-corrected chi connectivity index (χ1v) is 11.6. The molecule has 3 N–H and O–H groups in total. The standard InChI is InChI=1S/C27H28N4O4/c32-25(33)17-24-27(35)31(15-12-19-6-2-1-3-7-19)18-21-10-9-20(16-23(21)30-24)26(34)29-14-11-22-8-4-5-13-28-22/h1-10,13,16,24,30H,11-12,14-15,17-18H2,(H,29,34)(H,32,33). The summed E-state index contributed by atoms with van der Waals surface area (Å²) in [5.74, 6) is -1.57. The molecule has 4 rings (SSSR count). The van der Waals surface area contributed by atoms with Gasteiger partial charge in [-0.15, -0.1) is 0 Å². The normalized spacial score (nSPS) is 15.0. The number of aliphatic carboxylic acids is 1. The molecule has 1 aliphatic heterocycles. The largest absolute Gasteiger partial charge is 0.481 e. The average molecular weight is 473 g/mol. The molecule has 0 saturated heterocycles. The molecular formula is C27H28N4O4. The summed E-state index contributed by atoms with van der Waals surface area (Å²) in [6, 6.07) is 19.8. The van der Waals surface area contributed by atoms with Crippen molar-refractivity contribution in [3.05, 3.63) is 95.3 Å². The van der Waals surface area contributed by atoms with Crippen LogP contribution < -0.4 is 10.6 Å². The van der Waals surface area contributed by atoms with E-state index in [1.807, 2.05) is 54.6 Å². The number of carboxylic acids is 1. The zero-order valence-corrected chi connectivity index (χ0v) is 19.3. The molecular weight excluding hydrogens is 444 g/mol. The van der Waals surface area contributed by atoms with Crippen molar-refractivity contribution in [3.8, 4) is 0 Å². The molecule has 8 heteroatoms. The highest BCUT2D eigenvalue weighted by atomic mass is 16.4. The number of anilines is 1. The molecule has 1 aromatic heterocycles. The predicted octanol–water partition coefficient (Wildman–Crippen LogP) is 2.89. The third-order valence-electron chi connectivity index (χ3n) is 5.96. The van der Waals surface area contributed by atoms with Gasteiger partial charge in [0, 0.05) is 49.2 Å². The predicted molar refractivity (Wildman–Crippen MR) is 132 cm³/mol. The summed E-state index contributed by atoms with van der Waals surface area (Å²) >= 11 is 0. The Bertz CT molecular complexity index is 1180. The maximum atomic E-state index is 13.2. The Hall–Kier alpha value is -4.20. The molecule has 0 saturated carbocycles. The molecule has 2 heterocycles.